The number of rotatable bonds is 12. The van der Waals surface area contributed by atoms with Gasteiger partial charge in [-0.15, -0.1) is 0 Å². The Morgan fingerprint density at radius 2 is 1.84 bits per heavy atom. The fourth-order valence-electron chi connectivity index (χ4n) is 6.32. The number of likely N-dealkylation sites (tertiary alicyclic amines) is 1. The summed E-state index contributed by atoms with van der Waals surface area (Å²) in [6.45, 7) is 6.07. The molecule has 1 aromatic carbocycles. The Morgan fingerprint density at radius 3 is 2.44 bits per heavy atom. The van der Waals surface area contributed by atoms with Gasteiger partial charge in [0.25, 0.3) is 0 Å². The molecule has 0 unspecified atom stereocenters. The number of halogens is 2. The highest BCUT2D eigenvalue weighted by Crippen LogP contribution is 2.48. The van der Waals surface area contributed by atoms with Crippen LogP contribution in [0.4, 0.5) is 22.2 Å². The van der Waals surface area contributed by atoms with Gasteiger partial charge in [-0.3, -0.25) is 14.6 Å². The summed E-state index contributed by atoms with van der Waals surface area (Å²) in [6.07, 6.45) is 8.23. The molecule has 15 nitrogen and oxygen atoms in total. The van der Waals surface area contributed by atoms with Gasteiger partial charge in [0, 0.05) is 55.5 Å². The molecule has 0 bridgehead atoms. The summed E-state index contributed by atoms with van der Waals surface area (Å²) in [5.41, 5.74) is 2.00. The van der Waals surface area contributed by atoms with E-state index < -0.39 is 4.92 Å². The Morgan fingerprint density at radius 1 is 1.18 bits per heavy atom. The van der Waals surface area contributed by atoms with Gasteiger partial charge < -0.3 is 34.3 Å². The van der Waals surface area contributed by atoms with Crippen LogP contribution >= 0.6 is 31.9 Å². The molecule has 1 N–H and O–H groups in total. The molecular formula is C33H42Br2N9O6+. The van der Waals surface area contributed by atoms with Crippen molar-refractivity contribution in [2.24, 2.45) is 4.99 Å². The van der Waals surface area contributed by atoms with Gasteiger partial charge in [-0.1, -0.05) is 4.99 Å². The molecule has 0 spiro atoms. The maximum Gasteiger partial charge on any atom is 0.368 e. The van der Waals surface area contributed by atoms with Gasteiger partial charge in [0.15, 0.2) is 0 Å². The summed E-state index contributed by atoms with van der Waals surface area (Å²) in [4.78, 5) is 57.1. The summed E-state index contributed by atoms with van der Waals surface area (Å²) in [7, 11) is 7.03. The number of ether oxygens (including phenoxy) is 2. The van der Waals surface area contributed by atoms with Crippen LogP contribution in [0.5, 0.6) is 11.5 Å². The van der Waals surface area contributed by atoms with Crippen LogP contribution < -0.4 is 24.6 Å². The van der Waals surface area contributed by atoms with E-state index in [1.807, 2.05) is 34.0 Å². The summed E-state index contributed by atoms with van der Waals surface area (Å²) in [6, 6.07) is 1.32. The Bertz CT molecular complexity index is 1730. The lowest BCUT2D eigenvalue weighted by molar-refractivity contribution is -0.880. The second kappa shape index (κ2) is 15.4. The Balaban J connectivity index is 1.34. The quantitative estimate of drug-likeness (QED) is 0.129. The number of anilines is 3. The Hall–Kier alpha value is -4.09. The van der Waals surface area contributed by atoms with E-state index in [-0.39, 0.29) is 36.4 Å². The molecule has 0 atom stereocenters. The van der Waals surface area contributed by atoms with E-state index >= 15 is 0 Å². The lowest BCUT2D eigenvalue weighted by atomic mass is 10.0. The van der Waals surface area contributed by atoms with Gasteiger partial charge in [-0.05, 0) is 69.5 Å². The van der Waals surface area contributed by atoms with Crippen LogP contribution in [-0.4, -0.2) is 109 Å². The number of carbonyl (C=O) groups is 2. The number of hydrogen-bond acceptors (Lipinski definition) is 10. The SMILES string of the molecule is COc1cc(OC)c(Br)c(N2Cc3cnc(NC(C)C)nc3N(C3CCN(C(=O)/C=C/C[N+](C)(C)CC4=C([N+](=O)[O-])N=CC4)CC3)C2=O)c1Br. The van der Waals surface area contributed by atoms with Gasteiger partial charge in [0.05, 0.1) is 61.6 Å². The Labute approximate surface area is 308 Å². The number of nitrogens with one attached hydrogen (secondary N) is 1. The molecule has 5 rings (SSSR count). The number of piperidine rings is 1. The molecule has 1 saturated heterocycles. The topological polar surface area (TPSA) is 156 Å². The van der Waals surface area contributed by atoms with Crippen molar-refractivity contribution in [2.45, 2.75) is 51.7 Å². The van der Waals surface area contributed by atoms with Crippen LogP contribution in [0.25, 0.3) is 0 Å². The number of hydrogen-bond donors (Lipinski definition) is 1. The van der Waals surface area contributed by atoms with E-state index in [0.717, 1.165) is 5.56 Å². The van der Waals surface area contributed by atoms with E-state index in [2.05, 4.69) is 47.2 Å². The minimum atomic E-state index is -0.447. The molecule has 0 aliphatic carbocycles. The number of likely N-dealkylation sites (N-methyl/N-ethyl adjacent to an activating group) is 1. The summed E-state index contributed by atoms with van der Waals surface area (Å²) in [5, 5.41) is 14.5. The highest BCUT2D eigenvalue weighted by atomic mass is 79.9. The number of benzene rings is 1. The predicted molar refractivity (Wildman–Crippen MR) is 198 cm³/mol. The van der Waals surface area contributed by atoms with E-state index in [0.29, 0.717) is 93.4 Å². The molecule has 1 aromatic heterocycles. The molecule has 3 aliphatic rings. The van der Waals surface area contributed by atoms with Gasteiger partial charge in [-0.25, -0.2) is 9.78 Å². The zero-order valence-electron chi connectivity index (χ0n) is 29.0. The first-order valence-corrected chi connectivity index (χ1v) is 17.8. The fraction of sp³-hybridized carbons (Fsp3) is 0.485. The zero-order valence-corrected chi connectivity index (χ0v) is 32.2. The molecule has 3 amide bonds. The van der Waals surface area contributed by atoms with Crippen LogP contribution in [0.2, 0.25) is 0 Å². The maximum atomic E-state index is 14.6. The number of methoxy groups -OCH3 is 2. The van der Waals surface area contributed by atoms with Crippen molar-refractivity contribution in [2.75, 3.05) is 69.6 Å². The number of nitrogens with zero attached hydrogens (tertiary/aromatic N) is 8. The molecule has 268 valence electrons. The first-order chi connectivity index (χ1) is 23.7. The number of quaternary nitrogens is 1. The van der Waals surface area contributed by atoms with E-state index in [1.165, 1.54) is 0 Å². The first kappa shape index (κ1) is 37.2. The first-order valence-electron chi connectivity index (χ1n) is 16.2. The Kier molecular flexibility index (Phi) is 11.5. The largest absolute Gasteiger partial charge is 0.495 e. The van der Waals surface area contributed by atoms with Crippen molar-refractivity contribution in [3.05, 3.63) is 60.4 Å². The average Bonchev–Trinajstić information content (AvgIpc) is 3.53. The van der Waals surface area contributed by atoms with Crippen molar-refractivity contribution >= 4 is 67.5 Å². The number of fused-ring (bicyclic) bond motifs is 1. The van der Waals surface area contributed by atoms with E-state index in [9.17, 15) is 19.7 Å². The predicted octanol–water partition coefficient (Wildman–Crippen LogP) is 5.37. The van der Waals surface area contributed by atoms with Crippen molar-refractivity contribution in [3.8, 4) is 11.5 Å². The average molecular weight is 821 g/mol. The van der Waals surface area contributed by atoms with Crippen LogP contribution in [0.1, 0.15) is 38.7 Å². The number of amides is 3. The third-order valence-electron chi connectivity index (χ3n) is 8.73. The lowest BCUT2D eigenvalue weighted by Gasteiger charge is -2.43. The van der Waals surface area contributed by atoms with Gasteiger partial charge >= 0.3 is 11.9 Å². The van der Waals surface area contributed by atoms with Crippen molar-refractivity contribution in [3.63, 3.8) is 0 Å². The maximum absolute atomic E-state index is 14.6. The molecule has 3 aliphatic heterocycles. The van der Waals surface area contributed by atoms with Gasteiger partial charge in [0.1, 0.15) is 30.1 Å². The number of nitro groups is 1. The number of urea groups is 1. The van der Waals surface area contributed by atoms with Crippen molar-refractivity contribution < 1.29 is 28.5 Å². The van der Waals surface area contributed by atoms with E-state index in [1.54, 1.807) is 53.5 Å². The lowest BCUT2D eigenvalue weighted by Crippen LogP contribution is -2.56. The third-order valence-corrected chi connectivity index (χ3v) is 10.3. The summed E-state index contributed by atoms with van der Waals surface area (Å²) >= 11 is 7.30. The standard InChI is InChI=1S/C33H42Br2N9O6/c1-20(2)38-32-37-17-22-18-41(29-27(34)24(49-5)16-25(50-6)28(29)35)33(46)42(31(22)39-32)23-10-13-40(14-11-23)26(45)8-7-15-44(3,4)19-21-9-12-36-30(21)43(47)48/h7-8,12,16-17,20,23H,9-11,13-15,18-19H2,1-6H3,(H,37,38,39)/q+1/b8-7+. The van der Waals surface area contributed by atoms with Gasteiger partial charge in [-0.2, -0.15) is 4.98 Å². The summed E-state index contributed by atoms with van der Waals surface area (Å²) < 4.78 is 12.8. The fourth-order valence-corrected chi connectivity index (χ4v) is 7.97. The molecule has 2 aromatic rings. The van der Waals surface area contributed by atoms with E-state index in [4.69, 9.17) is 14.5 Å². The second-order valence-electron chi connectivity index (χ2n) is 13.3. The summed E-state index contributed by atoms with van der Waals surface area (Å²) in [5.74, 6) is 1.78. The second-order valence-corrected chi connectivity index (χ2v) is 14.9. The van der Waals surface area contributed by atoms with Crippen LogP contribution in [-0.2, 0) is 11.3 Å². The van der Waals surface area contributed by atoms with Crippen LogP contribution in [0.3, 0.4) is 0 Å². The highest BCUT2D eigenvalue weighted by molar-refractivity contribution is 9.11. The minimum absolute atomic E-state index is 0.0839. The third kappa shape index (κ3) is 7.94. The smallest absolute Gasteiger partial charge is 0.368 e. The molecule has 50 heavy (non-hydrogen) atoms. The number of aliphatic imine (C=N–C) groups is 1. The highest BCUT2D eigenvalue weighted by Gasteiger charge is 2.41. The van der Waals surface area contributed by atoms with Crippen molar-refractivity contribution in [1.29, 1.82) is 0 Å². The normalized spacial score (nSPS) is 16.9. The molecule has 0 saturated carbocycles. The molecule has 1 fully saturated rings. The van der Waals surface area contributed by atoms with Gasteiger partial charge in [0.2, 0.25) is 11.9 Å². The molecule has 4 heterocycles. The zero-order chi connectivity index (χ0) is 36.3. The molecule has 0 radical (unpaired) electrons. The molecular weight excluding hydrogens is 778 g/mol. The number of aromatic nitrogens is 2. The minimum Gasteiger partial charge on any atom is -0.495 e. The van der Waals surface area contributed by atoms with Crippen LogP contribution in [0, 0.1) is 10.1 Å². The van der Waals surface area contributed by atoms with Crippen LogP contribution in [0.15, 0.2) is 49.7 Å². The van der Waals surface area contributed by atoms with Crippen molar-refractivity contribution in [1.82, 2.24) is 14.9 Å². The number of carbonyl (C=O) groups excluding carboxylic acids is 2. The molecule has 17 heteroatoms. The monoisotopic (exact) mass is 818 g/mol.